The minimum absolute atomic E-state index is 0.313. The number of carbonyl (C=O) groups excluding carboxylic acids is 2. The van der Waals surface area contributed by atoms with Gasteiger partial charge in [-0.1, -0.05) is 31.1 Å². The van der Waals surface area contributed by atoms with Gasteiger partial charge in [-0.2, -0.15) is 0 Å². The van der Waals surface area contributed by atoms with Gasteiger partial charge in [-0.25, -0.2) is 9.59 Å². The van der Waals surface area contributed by atoms with E-state index in [0.717, 1.165) is 23.0 Å². The fourth-order valence-corrected chi connectivity index (χ4v) is 2.52. The molecule has 0 fully saturated rings. The highest BCUT2D eigenvalue weighted by Gasteiger charge is 2.09. The number of esters is 2. The van der Waals surface area contributed by atoms with Crippen molar-refractivity contribution >= 4 is 11.9 Å². The van der Waals surface area contributed by atoms with Crippen molar-refractivity contribution in [2.75, 3.05) is 6.61 Å². The van der Waals surface area contributed by atoms with Crippen molar-refractivity contribution in [2.24, 2.45) is 0 Å². The van der Waals surface area contributed by atoms with Gasteiger partial charge in [-0.3, -0.25) is 0 Å². The van der Waals surface area contributed by atoms with Crippen LogP contribution in [0.3, 0.4) is 0 Å². The van der Waals surface area contributed by atoms with Crippen LogP contribution >= 0.6 is 0 Å². The first-order chi connectivity index (χ1) is 15.6. The molecule has 0 aliphatic carbocycles. The van der Waals surface area contributed by atoms with Gasteiger partial charge in [0.25, 0.3) is 0 Å². The molecule has 0 atom stereocenters. The minimum atomic E-state index is -0.571. The maximum absolute atomic E-state index is 12.3. The van der Waals surface area contributed by atoms with Crippen LogP contribution in [-0.2, 0) is 4.79 Å². The Labute approximate surface area is 186 Å². The molecule has 5 nitrogen and oxygen atoms in total. The lowest BCUT2D eigenvalue weighted by molar-refractivity contribution is -0.128. The topological polar surface area (TPSA) is 61.8 Å². The molecule has 0 aliphatic rings. The lowest BCUT2D eigenvalue weighted by Gasteiger charge is -2.05. The summed E-state index contributed by atoms with van der Waals surface area (Å²) in [5.41, 5.74) is 1.96. The standard InChI is InChI=1S/C27H20O5/c1-3-19-30-23-13-7-20(8-14-23)5-6-21-9-15-25(16-10-21)32-27(29)22-11-17-24(18-12-22)31-26(28)4-2/h3-4,7-18H,1-2,19H2. The molecule has 0 aromatic heterocycles. The van der Waals surface area contributed by atoms with Crippen LogP contribution in [-0.4, -0.2) is 18.5 Å². The third kappa shape index (κ3) is 6.48. The third-order valence-electron chi connectivity index (χ3n) is 4.11. The summed E-state index contributed by atoms with van der Waals surface area (Å²) >= 11 is 0. The zero-order valence-electron chi connectivity index (χ0n) is 17.2. The fourth-order valence-electron chi connectivity index (χ4n) is 2.52. The molecule has 0 spiro atoms. The molecule has 0 radical (unpaired) electrons. The van der Waals surface area contributed by atoms with Gasteiger partial charge in [0.15, 0.2) is 0 Å². The number of ether oxygens (including phenoxy) is 3. The van der Waals surface area contributed by atoms with E-state index in [1.165, 1.54) is 24.3 Å². The normalized spacial score (nSPS) is 9.62. The smallest absolute Gasteiger partial charge is 0.343 e. The maximum Gasteiger partial charge on any atom is 0.343 e. The summed E-state index contributed by atoms with van der Waals surface area (Å²) in [6.45, 7) is 7.40. The highest BCUT2D eigenvalue weighted by Crippen LogP contribution is 2.17. The average molecular weight is 424 g/mol. The Bertz CT molecular complexity index is 1160. The number of carbonyl (C=O) groups is 2. The molecule has 0 saturated carbocycles. The molecule has 3 aromatic carbocycles. The van der Waals surface area contributed by atoms with Gasteiger partial charge >= 0.3 is 11.9 Å². The molecule has 0 N–H and O–H groups in total. The Hall–Kier alpha value is -4.56. The fraction of sp³-hybridized carbons (Fsp3) is 0.0370. The summed E-state index contributed by atoms with van der Waals surface area (Å²) in [5.74, 6) is 6.52. The highest BCUT2D eigenvalue weighted by molar-refractivity contribution is 5.91. The maximum atomic E-state index is 12.3. The molecular formula is C27H20O5. The van der Waals surface area contributed by atoms with Crippen molar-refractivity contribution in [3.05, 3.63) is 115 Å². The Balaban J connectivity index is 1.58. The van der Waals surface area contributed by atoms with E-state index in [9.17, 15) is 9.59 Å². The summed E-state index contributed by atoms with van der Waals surface area (Å²) in [7, 11) is 0. The SMILES string of the molecule is C=CCOc1ccc(C#Cc2ccc(OC(=O)c3ccc(OC(=O)C=C)cc3)cc2)cc1. The van der Waals surface area contributed by atoms with Crippen molar-refractivity contribution in [3.8, 4) is 29.1 Å². The quantitative estimate of drug-likeness (QED) is 0.176. The number of hydrogen-bond donors (Lipinski definition) is 0. The van der Waals surface area contributed by atoms with E-state index >= 15 is 0 Å². The zero-order valence-corrected chi connectivity index (χ0v) is 17.2. The van der Waals surface area contributed by atoms with Gasteiger partial charge in [0, 0.05) is 17.2 Å². The van der Waals surface area contributed by atoms with Crippen molar-refractivity contribution < 1.29 is 23.8 Å². The Morgan fingerprint density at radius 2 is 1.22 bits per heavy atom. The first-order valence-electron chi connectivity index (χ1n) is 9.70. The first-order valence-corrected chi connectivity index (χ1v) is 9.70. The van der Waals surface area contributed by atoms with Gasteiger partial charge in [-0.15, -0.1) is 0 Å². The predicted octanol–water partition coefficient (Wildman–Crippen LogP) is 4.96. The molecule has 0 amide bonds. The van der Waals surface area contributed by atoms with Crippen LogP contribution in [0.2, 0.25) is 0 Å². The average Bonchev–Trinajstić information content (AvgIpc) is 2.83. The Morgan fingerprint density at radius 1 is 0.719 bits per heavy atom. The van der Waals surface area contributed by atoms with Crippen LogP contribution in [0.15, 0.2) is 98.1 Å². The number of hydrogen-bond acceptors (Lipinski definition) is 5. The molecule has 32 heavy (non-hydrogen) atoms. The van der Waals surface area contributed by atoms with Crippen molar-refractivity contribution in [2.45, 2.75) is 0 Å². The largest absolute Gasteiger partial charge is 0.490 e. The zero-order chi connectivity index (χ0) is 22.8. The summed E-state index contributed by atoms with van der Waals surface area (Å²) in [4.78, 5) is 23.5. The van der Waals surface area contributed by atoms with Gasteiger partial charge in [0.2, 0.25) is 0 Å². The van der Waals surface area contributed by atoms with E-state index in [1.807, 2.05) is 24.3 Å². The predicted molar refractivity (Wildman–Crippen MR) is 122 cm³/mol. The highest BCUT2D eigenvalue weighted by atomic mass is 16.5. The van der Waals surface area contributed by atoms with Crippen LogP contribution in [0, 0.1) is 11.8 Å². The van der Waals surface area contributed by atoms with Crippen LogP contribution in [0.1, 0.15) is 21.5 Å². The second-order valence-electron chi connectivity index (χ2n) is 6.44. The van der Waals surface area contributed by atoms with Gasteiger partial charge in [-0.05, 0) is 72.8 Å². The lowest BCUT2D eigenvalue weighted by Crippen LogP contribution is -2.09. The minimum Gasteiger partial charge on any atom is -0.490 e. The van der Waals surface area contributed by atoms with E-state index < -0.39 is 11.9 Å². The van der Waals surface area contributed by atoms with Gasteiger partial charge in [0.1, 0.15) is 23.9 Å². The Kier molecular flexibility index (Phi) is 7.61. The van der Waals surface area contributed by atoms with Crippen LogP contribution in [0.25, 0.3) is 0 Å². The van der Waals surface area contributed by atoms with Gasteiger partial charge in [0.05, 0.1) is 5.56 Å². The molecule has 5 heteroatoms. The lowest BCUT2D eigenvalue weighted by atomic mass is 10.1. The first kappa shape index (κ1) is 22.1. The monoisotopic (exact) mass is 424 g/mol. The summed E-state index contributed by atoms with van der Waals surface area (Å²) < 4.78 is 15.8. The van der Waals surface area contributed by atoms with E-state index in [2.05, 4.69) is 25.0 Å². The van der Waals surface area contributed by atoms with E-state index in [0.29, 0.717) is 23.7 Å². The molecule has 158 valence electrons. The van der Waals surface area contributed by atoms with Gasteiger partial charge < -0.3 is 14.2 Å². The van der Waals surface area contributed by atoms with E-state index in [1.54, 1.807) is 30.3 Å². The van der Waals surface area contributed by atoms with Crippen molar-refractivity contribution in [1.29, 1.82) is 0 Å². The van der Waals surface area contributed by atoms with Crippen molar-refractivity contribution in [3.63, 3.8) is 0 Å². The second kappa shape index (κ2) is 11.0. The summed E-state index contributed by atoms with van der Waals surface area (Å²) in [5, 5.41) is 0. The molecule has 0 aliphatic heterocycles. The third-order valence-corrected chi connectivity index (χ3v) is 4.11. The number of benzene rings is 3. The van der Waals surface area contributed by atoms with E-state index in [4.69, 9.17) is 14.2 Å². The summed E-state index contributed by atoms with van der Waals surface area (Å²) in [6, 6.07) is 20.4. The number of rotatable bonds is 7. The molecule has 0 unspecified atom stereocenters. The molecule has 0 bridgehead atoms. The van der Waals surface area contributed by atoms with Crippen LogP contribution in [0.4, 0.5) is 0 Å². The van der Waals surface area contributed by atoms with Crippen LogP contribution in [0.5, 0.6) is 17.2 Å². The van der Waals surface area contributed by atoms with E-state index in [-0.39, 0.29) is 0 Å². The molecular weight excluding hydrogens is 404 g/mol. The second-order valence-corrected chi connectivity index (χ2v) is 6.44. The molecule has 0 heterocycles. The molecule has 3 rings (SSSR count). The molecule has 3 aromatic rings. The summed E-state index contributed by atoms with van der Waals surface area (Å²) in [6.07, 6.45) is 2.75. The Morgan fingerprint density at radius 3 is 1.75 bits per heavy atom. The molecule has 0 saturated heterocycles. The van der Waals surface area contributed by atoms with Crippen molar-refractivity contribution in [1.82, 2.24) is 0 Å². The van der Waals surface area contributed by atoms with Crippen LogP contribution < -0.4 is 14.2 Å².